The van der Waals surface area contributed by atoms with Crippen LogP contribution in [0.2, 0.25) is 0 Å². The summed E-state index contributed by atoms with van der Waals surface area (Å²) in [5, 5.41) is 14.9. The lowest BCUT2D eigenvalue weighted by Gasteiger charge is -2.46. The Labute approximate surface area is 197 Å². The molecule has 1 unspecified atom stereocenters. The summed E-state index contributed by atoms with van der Waals surface area (Å²) < 4.78 is 7.58. The second kappa shape index (κ2) is 8.16. The van der Waals surface area contributed by atoms with Gasteiger partial charge < -0.3 is 14.7 Å². The van der Waals surface area contributed by atoms with Gasteiger partial charge in [0.2, 0.25) is 5.91 Å². The number of carbonyl (C=O) groups excluding carboxylic acids is 1. The van der Waals surface area contributed by atoms with Gasteiger partial charge in [-0.15, -0.1) is 0 Å². The summed E-state index contributed by atoms with van der Waals surface area (Å²) in [6.45, 7) is 5.16. The van der Waals surface area contributed by atoms with Gasteiger partial charge in [0.25, 0.3) is 0 Å². The monoisotopic (exact) mass is 461 g/mol. The molecule has 1 aliphatic heterocycles. The molecule has 2 atom stereocenters. The molecular formula is C25H27N5O4. The molecule has 2 aliphatic rings. The number of fused-ring (bicyclic) bond motifs is 1. The normalized spacial score (nSPS) is 19.6. The molecule has 1 N–H and O–H groups in total. The molecule has 0 bridgehead atoms. The Morgan fingerprint density at radius 3 is 2.53 bits per heavy atom. The number of carboxylic acid groups (broad SMARTS) is 1. The van der Waals surface area contributed by atoms with Crippen molar-refractivity contribution in [2.24, 2.45) is 0 Å². The molecule has 1 fully saturated rings. The van der Waals surface area contributed by atoms with E-state index in [0.29, 0.717) is 34.4 Å². The lowest BCUT2D eigenvalue weighted by molar-refractivity contribution is -0.117. The number of hydrogen-bond acceptors (Lipinski definition) is 5. The summed E-state index contributed by atoms with van der Waals surface area (Å²) in [7, 11) is 1.54. The van der Waals surface area contributed by atoms with Crippen LogP contribution < -0.4 is 14.5 Å². The van der Waals surface area contributed by atoms with Crippen LogP contribution in [0.1, 0.15) is 50.0 Å². The van der Waals surface area contributed by atoms with Crippen molar-refractivity contribution in [3.05, 3.63) is 54.1 Å². The molecule has 0 radical (unpaired) electrons. The Balaban J connectivity index is 1.69. The van der Waals surface area contributed by atoms with Crippen molar-refractivity contribution >= 4 is 23.4 Å². The quantitative estimate of drug-likeness (QED) is 0.610. The van der Waals surface area contributed by atoms with Crippen LogP contribution in [0, 0.1) is 6.92 Å². The van der Waals surface area contributed by atoms with Crippen LogP contribution in [-0.4, -0.2) is 45.0 Å². The largest absolute Gasteiger partial charge is 0.494 e. The lowest BCUT2D eigenvalue weighted by atomic mass is 9.91. The molecule has 3 aromatic rings. The van der Waals surface area contributed by atoms with Crippen molar-refractivity contribution in [1.82, 2.24) is 14.8 Å². The molecular weight excluding hydrogens is 434 g/mol. The third-order valence-electron chi connectivity index (χ3n) is 6.67. The summed E-state index contributed by atoms with van der Waals surface area (Å²) in [5.74, 6) is 0.349. The molecule has 34 heavy (non-hydrogen) atoms. The van der Waals surface area contributed by atoms with Gasteiger partial charge in [-0.25, -0.2) is 4.79 Å². The number of amides is 2. The number of pyridine rings is 1. The fourth-order valence-electron chi connectivity index (χ4n) is 5.00. The van der Waals surface area contributed by atoms with Crippen LogP contribution in [0.15, 0.2) is 42.9 Å². The van der Waals surface area contributed by atoms with Gasteiger partial charge in [-0.1, -0.05) is 6.07 Å². The Bertz CT molecular complexity index is 1280. The molecule has 176 valence electrons. The Hall–Kier alpha value is -3.88. The number of methoxy groups -OCH3 is 1. The van der Waals surface area contributed by atoms with Crippen molar-refractivity contribution in [1.29, 1.82) is 0 Å². The highest BCUT2D eigenvalue weighted by Crippen LogP contribution is 2.48. The van der Waals surface area contributed by atoms with E-state index in [-0.39, 0.29) is 5.91 Å². The first-order chi connectivity index (χ1) is 16.3. The van der Waals surface area contributed by atoms with Gasteiger partial charge in [-0.3, -0.25) is 19.4 Å². The third kappa shape index (κ3) is 3.48. The molecule has 2 aromatic heterocycles. The van der Waals surface area contributed by atoms with Crippen LogP contribution in [-0.2, 0) is 4.79 Å². The molecule has 3 heterocycles. The first-order valence-electron chi connectivity index (χ1n) is 11.3. The number of benzene rings is 1. The van der Waals surface area contributed by atoms with Crippen molar-refractivity contribution in [2.75, 3.05) is 16.9 Å². The lowest BCUT2D eigenvalue weighted by Crippen LogP contribution is -2.53. The van der Waals surface area contributed by atoms with Crippen LogP contribution in [0.3, 0.4) is 0 Å². The fraction of sp³-hybridized carbons (Fsp3) is 0.360. The average molecular weight is 462 g/mol. The van der Waals surface area contributed by atoms with Crippen molar-refractivity contribution < 1.29 is 19.4 Å². The van der Waals surface area contributed by atoms with Gasteiger partial charge in [-0.05, 0) is 50.5 Å². The number of aryl methyl sites for hydroxylation is 1. The van der Waals surface area contributed by atoms with Gasteiger partial charge in [0, 0.05) is 30.4 Å². The number of aromatic nitrogens is 3. The minimum absolute atomic E-state index is 0.164. The zero-order valence-electron chi connectivity index (χ0n) is 19.6. The first kappa shape index (κ1) is 21.9. The predicted molar refractivity (Wildman–Crippen MR) is 127 cm³/mol. The molecule has 0 saturated heterocycles. The average Bonchev–Trinajstić information content (AvgIpc) is 3.53. The van der Waals surface area contributed by atoms with E-state index in [0.717, 1.165) is 24.0 Å². The van der Waals surface area contributed by atoms with E-state index in [1.54, 1.807) is 30.5 Å². The number of rotatable bonds is 4. The number of hydrogen-bond donors (Lipinski definition) is 1. The summed E-state index contributed by atoms with van der Waals surface area (Å²) in [6, 6.07) is 6.60. The van der Waals surface area contributed by atoms with Crippen LogP contribution in [0.25, 0.3) is 11.1 Å². The van der Waals surface area contributed by atoms with Crippen LogP contribution in [0.5, 0.6) is 5.75 Å². The molecule has 9 nitrogen and oxygen atoms in total. The molecule has 1 aliphatic carbocycles. The Kier molecular flexibility index (Phi) is 5.27. The highest BCUT2D eigenvalue weighted by Gasteiger charge is 2.44. The summed E-state index contributed by atoms with van der Waals surface area (Å²) in [6.07, 6.45) is 6.56. The number of nitrogens with zero attached hydrogens (tertiary/aromatic N) is 5. The van der Waals surface area contributed by atoms with E-state index in [4.69, 9.17) is 4.74 Å². The van der Waals surface area contributed by atoms with E-state index >= 15 is 0 Å². The Morgan fingerprint density at radius 2 is 1.88 bits per heavy atom. The van der Waals surface area contributed by atoms with E-state index in [2.05, 4.69) is 10.1 Å². The van der Waals surface area contributed by atoms with Crippen molar-refractivity contribution in [2.45, 2.75) is 51.7 Å². The number of anilines is 2. The van der Waals surface area contributed by atoms with E-state index in [9.17, 15) is 14.7 Å². The van der Waals surface area contributed by atoms with Gasteiger partial charge in [0.05, 0.1) is 48.5 Å². The second-order valence-electron chi connectivity index (χ2n) is 8.89. The van der Waals surface area contributed by atoms with E-state index in [1.165, 1.54) is 11.8 Å². The second-order valence-corrected chi connectivity index (χ2v) is 8.89. The highest BCUT2D eigenvalue weighted by molar-refractivity contribution is 6.03. The first-order valence-corrected chi connectivity index (χ1v) is 11.3. The summed E-state index contributed by atoms with van der Waals surface area (Å²) in [5.41, 5.74) is 4.06. The fourth-order valence-corrected chi connectivity index (χ4v) is 5.00. The highest BCUT2D eigenvalue weighted by atomic mass is 16.5. The topological polar surface area (TPSA) is 101 Å². The number of carbonyl (C=O) groups is 2. The smallest absolute Gasteiger partial charge is 0.412 e. The molecule has 1 aromatic carbocycles. The summed E-state index contributed by atoms with van der Waals surface area (Å²) >= 11 is 0. The minimum atomic E-state index is -1.11. The van der Waals surface area contributed by atoms with E-state index < -0.39 is 18.2 Å². The summed E-state index contributed by atoms with van der Waals surface area (Å²) in [4.78, 5) is 32.8. The molecule has 9 heteroatoms. The maximum absolute atomic E-state index is 12.8. The molecule has 0 spiro atoms. The van der Waals surface area contributed by atoms with Crippen molar-refractivity contribution in [3.8, 4) is 16.9 Å². The van der Waals surface area contributed by atoms with Gasteiger partial charge in [0.1, 0.15) is 5.75 Å². The minimum Gasteiger partial charge on any atom is -0.494 e. The van der Waals surface area contributed by atoms with Gasteiger partial charge >= 0.3 is 6.09 Å². The molecule has 5 rings (SSSR count). The SMILES string of the molecule is COc1c(C2[C@H](C)N(C(C)=O)c3ccc(-c4cnn(C5CC5)c4)cc3N2C(=O)O)ccnc1C. The van der Waals surface area contributed by atoms with Gasteiger partial charge in [-0.2, -0.15) is 5.10 Å². The van der Waals surface area contributed by atoms with Gasteiger partial charge in [0.15, 0.2) is 0 Å². The third-order valence-corrected chi connectivity index (χ3v) is 6.67. The zero-order chi connectivity index (χ0) is 24.1. The molecule has 1 saturated carbocycles. The zero-order valence-corrected chi connectivity index (χ0v) is 19.6. The number of ether oxygens (including phenoxy) is 1. The standard InChI is InChI=1S/C25H27N5O4/c1-14-24(34-4)20(9-10-26-14)23-15(2)29(16(3)31)21-8-5-17(11-22(21)30(23)25(32)33)18-12-27-28(13-18)19-6-7-19/h5,8-13,15,19,23H,6-7H2,1-4H3,(H,32,33)/t15-,23?/m0/s1. The van der Waals surface area contributed by atoms with Crippen LogP contribution in [0.4, 0.5) is 16.2 Å². The maximum atomic E-state index is 12.8. The maximum Gasteiger partial charge on any atom is 0.412 e. The molecule has 2 amide bonds. The predicted octanol–water partition coefficient (Wildman–Crippen LogP) is 4.58. The van der Waals surface area contributed by atoms with E-state index in [1.807, 2.05) is 42.9 Å². The Morgan fingerprint density at radius 1 is 1.12 bits per heavy atom. The van der Waals surface area contributed by atoms with Crippen LogP contribution >= 0.6 is 0 Å². The van der Waals surface area contributed by atoms with Crippen molar-refractivity contribution in [3.63, 3.8) is 0 Å².